The van der Waals surface area contributed by atoms with Crippen LogP contribution in [0.15, 0.2) is 24.3 Å². The van der Waals surface area contributed by atoms with Gasteiger partial charge in [-0.05, 0) is 43.0 Å². The van der Waals surface area contributed by atoms with Gasteiger partial charge in [0.05, 0.1) is 18.3 Å². The quantitative estimate of drug-likeness (QED) is 0.778. The molecule has 0 amide bonds. The average Bonchev–Trinajstić information content (AvgIpc) is 2.52. The molecule has 21 heavy (non-hydrogen) atoms. The molecule has 1 aliphatic rings. The van der Waals surface area contributed by atoms with Gasteiger partial charge >= 0.3 is 5.97 Å². The van der Waals surface area contributed by atoms with E-state index < -0.39 is 5.97 Å². The summed E-state index contributed by atoms with van der Waals surface area (Å²) in [5, 5.41) is 8.81. The van der Waals surface area contributed by atoms with Crippen LogP contribution >= 0.6 is 0 Å². The average molecular weight is 292 g/mol. The zero-order chi connectivity index (χ0) is 15.1. The monoisotopic (exact) mass is 292 g/mol. The maximum absolute atomic E-state index is 10.7. The van der Waals surface area contributed by atoms with Gasteiger partial charge in [-0.15, -0.1) is 0 Å². The second-order valence-electron chi connectivity index (χ2n) is 5.61. The molecule has 1 aliphatic carbocycles. The van der Waals surface area contributed by atoms with Gasteiger partial charge in [-0.3, -0.25) is 0 Å². The summed E-state index contributed by atoms with van der Waals surface area (Å²) in [6.07, 6.45) is 6.55. The van der Waals surface area contributed by atoms with Gasteiger partial charge in [0.15, 0.2) is 0 Å². The third kappa shape index (κ3) is 5.05. The molecular weight excluding hydrogens is 268 g/mol. The van der Waals surface area contributed by atoms with Crippen molar-refractivity contribution in [2.75, 3.05) is 13.2 Å². The number of carbonyl (C=O) groups is 1. The number of ether oxygens (including phenoxy) is 2. The van der Waals surface area contributed by atoms with E-state index in [9.17, 15) is 4.79 Å². The number of hydrogen-bond donors (Lipinski definition) is 1. The summed E-state index contributed by atoms with van der Waals surface area (Å²) in [6, 6.07) is 6.45. The van der Waals surface area contributed by atoms with Gasteiger partial charge in [0, 0.05) is 0 Å². The van der Waals surface area contributed by atoms with E-state index in [1.807, 2.05) is 0 Å². The molecule has 1 fully saturated rings. The largest absolute Gasteiger partial charge is 0.491 e. The Hall–Kier alpha value is -1.55. The summed E-state index contributed by atoms with van der Waals surface area (Å²) >= 11 is 0. The summed E-state index contributed by atoms with van der Waals surface area (Å²) in [4.78, 5) is 10.7. The van der Waals surface area contributed by atoms with Crippen LogP contribution in [0, 0.1) is 5.92 Å². The molecule has 4 heteroatoms. The Morgan fingerprint density at radius 2 is 2.00 bits per heavy atom. The second kappa shape index (κ2) is 8.03. The number of rotatable bonds is 7. The molecule has 0 radical (unpaired) electrons. The first-order chi connectivity index (χ1) is 10.2. The van der Waals surface area contributed by atoms with Gasteiger partial charge in [-0.25, -0.2) is 4.79 Å². The van der Waals surface area contributed by atoms with Crippen molar-refractivity contribution >= 4 is 5.97 Å². The molecule has 0 bridgehead atoms. The zero-order valence-corrected chi connectivity index (χ0v) is 12.6. The van der Waals surface area contributed by atoms with Crippen LogP contribution in [0.5, 0.6) is 5.75 Å². The van der Waals surface area contributed by atoms with E-state index in [1.165, 1.54) is 25.7 Å². The van der Waals surface area contributed by atoms with Crippen molar-refractivity contribution in [3.63, 3.8) is 0 Å². The Labute approximate surface area is 126 Å². The smallest absolute Gasteiger partial charge is 0.335 e. The summed E-state index contributed by atoms with van der Waals surface area (Å²) < 4.78 is 11.4. The van der Waals surface area contributed by atoms with E-state index >= 15 is 0 Å². The first-order valence-corrected chi connectivity index (χ1v) is 7.76. The minimum atomic E-state index is -0.923. The highest BCUT2D eigenvalue weighted by Gasteiger charge is 2.20. The predicted molar refractivity (Wildman–Crippen MR) is 80.9 cm³/mol. The van der Waals surface area contributed by atoms with E-state index in [-0.39, 0.29) is 5.56 Å². The fraction of sp³-hybridized carbons (Fsp3) is 0.588. The molecule has 1 N–H and O–H groups in total. The molecule has 1 saturated carbocycles. The van der Waals surface area contributed by atoms with Crippen molar-refractivity contribution in [3.05, 3.63) is 29.8 Å². The Bertz CT molecular complexity index is 441. The molecule has 0 heterocycles. The molecule has 0 spiro atoms. The zero-order valence-electron chi connectivity index (χ0n) is 12.6. The molecule has 0 saturated heterocycles. The van der Waals surface area contributed by atoms with E-state index in [4.69, 9.17) is 14.6 Å². The fourth-order valence-electron chi connectivity index (χ4n) is 2.83. The lowest BCUT2D eigenvalue weighted by Gasteiger charge is -2.28. The molecule has 0 aromatic heterocycles. The van der Waals surface area contributed by atoms with Crippen LogP contribution in [-0.2, 0) is 4.74 Å². The number of carboxylic acids is 1. The molecular formula is C17H24O4. The molecule has 116 valence electrons. The van der Waals surface area contributed by atoms with E-state index in [0.717, 1.165) is 12.3 Å². The van der Waals surface area contributed by atoms with Crippen LogP contribution in [0.3, 0.4) is 0 Å². The van der Waals surface area contributed by atoms with Crippen molar-refractivity contribution in [1.29, 1.82) is 0 Å². The molecule has 2 unspecified atom stereocenters. The lowest BCUT2D eigenvalue weighted by atomic mass is 9.85. The van der Waals surface area contributed by atoms with Crippen molar-refractivity contribution in [2.24, 2.45) is 5.92 Å². The van der Waals surface area contributed by atoms with Gasteiger partial charge in [0.1, 0.15) is 12.4 Å². The lowest BCUT2D eigenvalue weighted by molar-refractivity contribution is -0.000666. The highest BCUT2D eigenvalue weighted by Crippen LogP contribution is 2.28. The van der Waals surface area contributed by atoms with Crippen LogP contribution in [0.4, 0.5) is 0 Å². The Morgan fingerprint density at radius 3 is 2.67 bits per heavy atom. The fourth-order valence-corrected chi connectivity index (χ4v) is 2.83. The van der Waals surface area contributed by atoms with E-state index in [1.54, 1.807) is 24.3 Å². The predicted octanol–water partition coefficient (Wildman–Crippen LogP) is 3.75. The van der Waals surface area contributed by atoms with Crippen molar-refractivity contribution in [1.82, 2.24) is 0 Å². The van der Waals surface area contributed by atoms with Crippen LogP contribution in [0.25, 0.3) is 0 Å². The number of aromatic carboxylic acids is 1. The van der Waals surface area contributed by atoms with Crippen LogP contribution in [-0.4, -0.2) is 30.4 Å². The van der Waals surface area contributed by atoms with E-state index in [2.05, 4.69) is 6.92 Å². The van der Waals surface area contributed by atoms with Gasteiger partial charge in [-0.2, -0.15) is 0 Å². The van der Waals surface area contributed by atoms with Gasteiger partial charge in [0.25, 0.3) is 0 Å². The van der Waals surface area contributed by atoms with Crippen molar-refractivity contribution in [3.8, 4) is 5.75 Å². The Morgan fingerprint density at radius 1 is 1.24 bits per heavy atom. The first-order valence-electron chi connectivity index (χ1n) is 7.76. The topological polar surface area (TPSA) is 55.8 Å². The molecule has 1 aromatic carbocycles. The van der Waals surface area contributed by atoms with Crippen LogP contribution < -0.4 is 4.74 Å². The van der Waals surface area contributed by atoms with E-state index in [0.29, 0.717) is 25.1 Å². The standard InChI is InChI=1S/C17H24O4/c1-2-13-4-3-5-16(12-13)21-11-10-20-15-8-6-14(7-9-15)17(18)19/h6-9,13,16H,2-5,10-12H2,1H3,(H,18,19). The van der Waals surface area contributed by atoms with Crippen LogP contribution in [0.1, 0.15) is 49.4 Å². The number of benzene rings is 1. The third-order valence-electron chi connectivity index (χ3n) is 4.12. The first kappa shape index (κ1) is 15.8. The molecule has 1 aromatic rings. The molecule has 2 rings (SSSR count). The SMILES string of the molecule is CCC1CCCC(OCCOc2ccc(C(=O)O)cc2)C1. The number of carboxylic acid groups (broad SMARTS) is 1. The van der Waals surface area contributed by atoms with Gasteiger partial charge < -0.3 is 14.6 Å². The Balaban J connectivity index is 1.66. The summed E-state index contributed by atoms with van der Waals surface area (Å²) in [7, 11) is 0. The van der Waals surface area contributed by atoms with Gasteiger partial charge in [0.2, 0.25) is 0 Å². The van der Waals surface area contributed by atoms with Crippen molar-refractivity contribution < 1.29 is 19.4 Å². The molecule has 2 atom stereocenters. The third-order valence-corrected chi connectivity index (χ3v) is 4.12. The Kier molecular flexibility index (Phi) is 6.05. The summed E-state index contributed by atoms with van der Waals surface area (Å²) in [6.45, 7) is 3.33. The molecule has 4 nitrogen and oxygen atoms in total. The van der Waals surface area contributed by atoms with Crippen LogP contribution in [0.2, 0.25) is 0 Å². The molecule has 0 aliphatic heterocycles. The summed E-state index contributed by atoms with van der Waals surface area (Å²) in [5.41, 5.74) is 0.270. The second-order valence-corrected chi connectivity index (χ2v) is 5.61. The maximum Gasteiger partial charge on any atom is 0.335 e. The van der Waals surface area contributed by atoms with Gasteiger partial charge in [-0.1, -0.05) is 26.2 Å². The highest BCUT2D eigenvalue weighted by atomic mass is 16.5. The minimum absolute atomic E-state index is 0.270. The normalized spacial score (nSPS) is 22.0. The maximum atomic E-state index is 10.7. The number of hydrogen-bond acceptors (Lipinski definition) is 3. The minimum Gasteiger partial charge on any atom is -0.491 e. The lowest BCUT2D eigenvalue weighted by Crippen LogP contribution is -2.24. The highest BCUT2D eigenvalue weighted by molar-refractivity contribution is 5.87. The van der Waals surface area contributed by atoms with Crippen molar-refractivity contribution in [2.45, 2.75) is 45.1 Å². The summed E-state index contributed by atoms with van der Waals surface area (Å²) in [5.74, 6) is 0.569.